The van der Waals surface area contributed by atoms with Crippen molar-refractivity contribution >= 4 is 21.7 Å². The van der Waals surface area contributed by atoms with Gasteiger partial charge in [-0.2, -0.15) is 26.3 Å². The first kappa shape index (κ1) is 21.1. The van der Waals surface area contributed by atoms with Gasteiger partial charge in [-0.1, -0.05) is 0 Å². The lowest BCUT2D eigenvalue weighted by Gasteiger charge is -2.24. The van der Waals surface area contributed by atoms with Crippen molar-refractivity contribution in [2.75, 3.05) is 23.7 Å². The normalized spacial score (nSPS) is 12.8. The molecular formula is C13H13F6NO4S. The summed E-state index contributed by atoms with van der Waals surface area (Å²) in [7, 11) is -3.45. The average Bonchev–Trinajstić information content (AvgIpc) is 2.49. The van der Waals surface area contributed by atoms with Gasteiger partial charge in [0.1, 0.15) is 6.54 Å². The fraction of sp³-hybridized carbons (Fsp3) is 0.462. The third-order valence-corrected chi connectivity index (χ3v) is 4.80. The predicted molar refractivity (Wildman–Crippen MR) is 75.3 cm³/mol. The van der Waals surface area contributed by atoms with Gasteiger partial charge in [-0.3, -0.25) is 9.10 Å². The number of sulfonamides is 1. The van der Waals surface area contributed by atoms with Crippen molar-refractivity contribution in [3.63, 3.8) is 0 Å². The number of esters is 1. The summed E-state index contributed by atoms with van der Waals surface area (Å²) in [5.41, 5.74) is -4.33. The Hall–Kier alpha value is -1.98. The van der Waals surface area contributed by atoms with Crippen molar-refractivity contribution < 1.29 is 44.3 Å². The Morgan fingerprint density at radius 2 is 1.48 bits per heavy atom. The van der Waals surface area contributed by atoms with E-state index < -0.39 is 57.5 Å². The Labute approximate surface area is 139 Å². The van der Waals surface area contributed by atoms with E-state index in [9.17, 15) is 39.6 Å². The van der Waals surface area contributed by atoms with Gasteiger partial charge in [0, 0.05) is 0 Å². The van der Waals surface area contributed by atoms with Crippen LogP contribution in [0.4, 0.5) is 32.0 Å². The second-order valence-corrected chi connectivity index (χ2v) is 6.93. The maximum absolute atomic E-state index is 12.9. The zero-order valence-electron chi connectivity index (χ0n) is 12.9. The number of benzene rings is 1. The Balaban J connectivity index is 3.65. The topological polar surface area (TPSA) is 63.7 Å². The number of anilines is 1. The molecule has 0 aliphatic carbocycles. The molecule has 0 saturated carbocycles. The van der Waals surface area contributed by atoms with E-state index in [-0.39, 0.29) is 22.5 Å². The SMILES string of the molecule is CCS(=O)(=O)N(CC(=O)OC)c1cc(C(F)(F)F)cc(C(F)(F)F)c1. The molecule has 0 spiro atoms. The molecular weight excluding hydrogens is 380 g/mol. The number of carbonyl (C=O) groups is 1. The van der Waals surface area contributed by atoms with Crippen molar-refractivity contribution in [2.45, 2.75) is 19.3 Å². The zero-order valence-corrected chi connectivity index (χ0v) is 13.7. The smallest absolute Gasteiger partial charge is 0.416 e. The van der Waals surface area contributed by atoms with Crippen LogP contribution in [-0.2, 0) is 31.9 Å². The van der Waals surface area contributed by atoms with Crippen molar-refractivity contribution in [3.05, 3.63) is 29.3 Å². The lowest BCUT2D eigenvalue weighted by atomic mass is 10.1. The lowest BCUT2D eigenvalue weighted by molar-refractivity contribution is -0.143. The molecule has 142 valence electrons. The van der Waals surface area contributed by atoms with E-state index in [4.69, 9.17) is 0 Å². The average molecular weight is 393 g/mol. The summed E-state index contributed by atoms with van der Waals surface area (Å²) in [4.78, 5) is 11.3. The molecule has 0 saturated heterocycles. The Bertz CT molecular complexity index is 710. The summed E-state index contributed by atoms with van der Waals surface area (Å²) in [6.07, 6.45) is -10.3. The number of halogens is 6. The third kappa shape index (κ3) is 5.25. The highest BCUT2D eigenvalue weighted by Gasteiger charge is 2.38. The van der Waals surface area contributed by atoms with Crippen LogP contribution in [0.5, 0.6) is 0 Å². The van der Waals surface area contributed by atoms with Gasteiger partial charge < -0.3 is 4.74 Å². The first-order chi connectivity index (χ1) is 11.2. The first-order valence-corrected chi connectivity index (χ1v) is 8.20. The molecule has 1 aromatic carbocycles. The van der Waals surface area contributed by atoms with Crippen LogP contribution in [-0.4, -0.2) is 33.8 Å². The molecule has 0 unspecified atom stereocenters. The van der Waals surface area contributed by atoms with Crippen molar-refractivity contribution in [2.24, 2.45) is 0 Å². The summed E-state index contributed by atoms with van der Waals surface area (Å²) >= 11 is 0. The molecule has 25 heavy (non-hydrogen) atoms. The van der Waals surface area contributed by atoms with Gasteiger partial charge in [-0.25, -0.2) is 8.42 Å². The third-order valence-electron chi connectivity index (χ3n) is 3.06. The number of ether oxygens (including phenoxy) is 1. The first-order valence-electron chi connectivity index (χ1n) is 6.59. The molecule has 0 fully saturated rings. The highest BCUT2D eigenvalue weighted by Crippen LogP contribution is 2.38. The minimum Gasteiger partial charge on any atom is -0.468 e. The molecule has 0 aromatic heterocycles. The number of alkyl halides is 6. The van der Waals surface area contributed by atoms with Gasteiger partial charge in [0.25, 0.3) is 0 Å². The molecule has 0 heterocycles. The van der Waals surface area contributed by atoms with Gasteiger partial charge in [0.2, 0.25) is 10.0 Å². The number of carbonyl (C=O) groups excluding carboxylic acids is 1. The lowest BCUT2D eigenvalue weighted by Crippen LogP contribution is -2.37. The van der Waals surface area contributed by atoms with Crippen LogP contribution in [0.25, 0.3) is 0 Å². The molecule has 12 heteroatoms. The Morgan fingerprint density at radius 1 is 1.04 bits per heavy atom. The van der Waals surface area contributed by atoms with Gasteiger partial charge >= 0.3 is 18.3 Å². The fourth-order valence-electron chi connectivity index (χ4n) is 1.77. The molecule has 0 atom stereocenters. The maximum atomic E-state index is 12.9. The van der Waals surface area contributed by atoms with Crippen LogP contribution >= 0.6 is 0 Å². The summed E-state index contributed by atoms with van der Waals surface area (Å²) in [5.74, 6) is -1.80. The van der Waals surface area contributed by atoms with Crippen molar-refractivity contribution in [1.82, 2.24) is 0 Å². The fourth-order valence-corrected chi connectivity index (χ4v) is 2.81. The summed E-state index contributed by atoms with van der Waals surface area (Å²) in [6.45, 7) is 0.0587. The predicted octanol–water partition coefficient (Wildman–Crippen LogP) is 3.05. The van der Waals surface area contributed by atoms with E-state index >= 15 is 0 Å². The van der Waals surface area contributed by atoms with Crippen molar-refractivity contribution in [3.8, 4) is 0 Å². The van der Waals surface area contributed by atoms with Crippen molar-refractivity contribution in [1.29, 1.82) is 0 Å². The zero-order chi connectivity index (χ0) is 19.6. The van der Waals surface area contributed by atoms with E-state index in [0.717, 1.165) is 14.0 Å². The molecule has 0 radical (unpaired) electrons. The van der Waals surface area contributed by atoms with Crippen LogP contribution in [0.15, 0.2) is 18.2 Å². The molecule has 0 aliphatic heterocycles. The largest absolute Gasteiger partial charge is 0.468 e. The monoisotopic (exact) mass is 393 g/mol. The molecule has 1 aromatic rings. The maximum Gasteiger partial charge on any atom is 0.416 e. The second-order valence-electron chi connectivity index (χ2n) is 4.75. The Kier molecular flexibility index (Phi) is 5.98. The van der Waals surface area contributed by atoms with E-state index in [1.54, 1.807) is 0 Å². The van der Waals surface area contributed by atoms with E-state index in [2.05, 4.69) is 4.74 Å². The summed E-state index contributed by atoms with van der Waals surface area (Å²) in [5, 5.41) is 0. The molecule has 0 bridgehead atoms. The van der Waals surface area contributed by atoms with Crippen LogP contribution in [0.1, 0.15) is 18.1 Å². The summed E-state index contributed by atoms with van der Waals surface area (Å²) < 4.78 is 106. The second kappa shape index (κ2) is 7.10. The molecule has 0 aliphatic rings. The summed E-state index contributed by atoms with van der Waals surface area (Å²) in [6, 6.07) is 0.315. The van der Waals surface area contributed by atoms with Gasteiger partial charge in [-0.05, 0) is 25.1 Å². The Morgan fingerprint density at radius 3 is 1.80 bits per heavy atom. The number of rotatable bonds is 5. The highest BCUT2D eigenvalue weighted by molar-refractivity contribution is 7.92. The van der Waals surface area contributed by atoms with Gasteiger partial charge in [-0.15, -0.1) is 0 Å². The molecule has 0 amide bonds. The van der Waals surface area contributed by atoms with E-state index in [0.29, 0.717) is 0 Å². The molecule has 5 nitrogen and oxygen atoms in total. The molecule has 1 rings (SSSR count). The minimum atomic E-state index is -5.15. The molecule has 0 N–H and O–H groups in total. The number of hydrogen-bond acceptors (Lipinski definition) is 4. The van der Waals surface area contributed by atoms with Crippen LogP contribution < -0.4 is 4.31 Å². The minimum absolute atomic E-state index is 0.140. The van der Waals surface area contributed by atoms with Crippen LogP contribution in [0.3, 0.4) is 0 Å². The number of nitrogens with zero attached hydrogens (tertiary/aromatic N) is 1. The van der Waals surface area contributed by atoms with Gasteiger partial charge in [0.05, 0.1) is 29.7 Å². The quantitative estimate of drug-likeness (QED) is 0.570. The van der Waals surface area contributed by atoms with Gasteiger partial charge in [0.15, 0.2) is 0 Å². The van der Waals surface area contributed by atoms with E-state index in [1.807, 2.05) is 0 Å². The van der Waals surface area contributed by atoms with Crippen LogP contribution in [0.2, 0.25) is 0 Å². The van der Waals surface area contributed by atoms with Crippen LogP contribution in [0, 0.1) is 0 Å². The van der Waals surface area contributed by atoms with E-state index in [1.165, 1.54) is 0 Å². The number of methoxy groups -OCH3 is 1. The highest BCUT2D eigenvalue weighted by atomic mass is 32.2. The number of hydrogen-bond donors (Lipinski definition) is 0. The standard InChI is InChI=1S/C13H13F6NO4S/c1-3-25(22,23)20(7-11(21)24-2)10-5-8(12(14,15)16)4-9(6-10)13(17,18)19/h4-6H,3,7H2,1-2H3.